The van der Waals surface area contributed by atoms with Gasteiger partial charge >= 0.3 is 0 Å². The van der Waals surface area contributed by atoms with Gasteiger partial charge in [-0.2, -0.15) is 4.31 Å². The number of nitrogens with zero attached hydrogens (tertiary/aromatic N) is 1. The highest BCUT2D eigenvalue weighted by atomic mass is 79.9. The normalized spacial score (nSPS) is 16.2. The van der Waals surface area contributed by atoms with Gasteiger partial charge in [-0.15, -0.1) is 0 Å². The second kappa shape index (κ2) is 5.95. The molecule has 0 aliphatic heterocycles. The monoisotopic (exact) mass is 350 g/mol. The largest absolute Gasteiger partial charge is 0.452 e. The van der Waals surface area contributed by atoms with E-state index in [0.717, 1.165) is 25.8 Å². The molecule has 0 saturated heterocycles. The van der Waals surface area contributed by atoms with Crippen molar-refractivity contribution in [3.63, 3.8) is 0 Å². The Morgan fingerprint density at radius 3 is 2.79 bits per heavy atom. The summed E-state index contributed by atoms with van der Waals surface area (Å²) in [5.74, 6) is 0.628. The predicted octanol–water partition coefficient (Wildman–Crippen LogP) is 2.32. The first-order valence-corrected chi connectivity index (χ1v) is 8.67. The molecule has 0 atom stereocenters. The minimum absolute atomic E-state index is 0.147. The van der Waals surface area contributed by atoms with Gasteiger partial charge in [0.1, 0.15) is 10.7 Å². The van der Waals surface area contributed by atoms with Crippen molar-refractivity contribution in [2.24, 2.45) is 0 Å². The number of sulfonamides is 1. The van der Waals surface area contributed by atoms with Crippen LogP contribution in [0.25, 0.3) is 0 Å². The van der Waals surface area contributed by atoms with Gasteiger partial charge in [-0.05, 0) is 41.7 Å². The smallest absolute Gasteiger partial charge is 0.247 e. The van der Waals surface area contributed by atoms with Crippen LogP contribution in [-0.2, 0) is 16.6 Å². The highest BCUT2D eigenvalue weighted by Crippen LogP contribution is 2.34. The standard InChI is InChI=1S/C12H19BrN2O3S/c1-3-6-14-8-10-7-11(12(13)18-10)19(16,17)15(2)9-4-5-9/h7,9,14H,3-6,8H2,1-2H3. The van der Waals surface area contributed by atoms with Crippen LogP contribution in [0.15, 0.2) is 20.0 Å². The molecule has 1 saturated carbocycles. The van der Waals surface area contributed by atoms with E-state index in [2.05, 4.69) is 28.2 Å². The number of nitrogens with one attached hydrogen (secondary N) is 1. The third-order valence-corrected chi connectivity index (χ3v) is 5.92. The lowest BCUT2D eigenvalue weighted by atomic mass is 10.4. The Labute approximate surface area is 122 Å². The molecular formula is C12H19BrN2O3S. The molecule has 0 aromatic carbocycles. The molecule has 1 aliphatic rings. The maximum absolute atomic E-state index is 12.4. The van der Waals surface area contributed by atoms with E-state index < -0.39 is 10.0 Å². The molecule has 1 aromatic heterocycles. The Hall–Kier alpha value is -0.370. The number of hydrogen-bond donors (Lipinski definition) is 1. The van der Waals surface area contributed by atoms with Crippen molar-refractivity contribution in [2.45, 2.75) is 43.7 Å². The summed E-state index contributed by atoms with van der Waals surface area (Å²) in [6.45, 7) is 3.49. The fraction of sp³-hybridized carbons (Fsp3) is 0.667. The molecule has 0 unspecified atom stereocenters. The van der Waals surface area contributed by atoms with Crippen LogP contribution in [0.1, 0.15) is 31.9 Å². The maximum atomic E-state index is 12.4. The summed E-state index contributed by atoms with van der Waals surface area (Å²) in [5.41, 5.74) is 0. The molecule has 5 nitrogen and oxygen atoms in total. The molecule has 0 spiro atoms. The molecule has 1 N–H and O–H groups in total. The van der Waals surface area contributed by atoms with E-state index >= 15 is 0 Å². The zero-order valence-corrected chi connectivity index (χ0v) is 13.6. The van der Waals surface area contributed by atoms with Crippen molar-refractivity contribution < 1.29 is 12.8 Å². The second-order valence-corrected chi connectivity index (χ2v) is 7.47. The molecule has 108 valence electrons. The number of rotatable bonds is 7. The van der Waals surface area contributed by atoms with Gasteiger partial charge in [-0.25, -0.2) is 8.42 Å². The highest BCUT2D eigenvalue weighted by molar-refractivity contribution is 9.10. The molecule has 0 bridgehead atoms. The quantitative estimate of drug-likeness (QED) is 0.766. The van der Waals surface area contributed by atoms with E-state index in [0.29, 0.717) is 12.3 Å². The van der Waals surface area contributed by atoms with Crippen molar-refractivity contribution in [3.8, 4) is 0 Å². The van der Waals surface area contributed by atoms with Crippen LogP contribution in [0.5, 0.6) is 0 Å². The lowest BCUT2D eigenvalue weighted by molar-refractivity contribution is 0.449. The van der Waals surface area contributed by atoms with E-state index in [1.807, 2.05) is 0 Å². The molecule has 0 amide bonds. The summed E-state index contributed by atoms with van der Waals surface area (Å²) in [4.78, 5) is 0.218. The zero-order valence-electron chi connectivity index (χ0n) is 11.1. The van der Waals surface area contributed by atoms with Gasteiger partial charge in [0.2, 0.25) is 10.0 Å². The number of furan rings is 1. The zero-order chi connectivity index (χ0) is 14.0. The molecule has 1 heterocycles. The van der Waals surface area contributed by atoms with Gasteiger partial charge < -0.3 is 9.73 Å². The van der Waals surface area contributed by atoms with Crippen molar-refractivity contribution in [1.29, 1.82) is 0 Å². The number of hydrogen-bond acceptors (Lipinski definition) is 4. The molecule has 19 heavy (non-hydrogen) atoms. The minimum Gasteiger partial charge on any atom is -0.452 e. The topological polar surface area (TPSA) is 62.6 Å². The van der Waals surface area contributed by atoms with E-state index in [1.54, 1.807) is 13.1 Å². The summed E-state index contributed by atoms with van der Waals surface area (Å²) < 4.78 is 32.0. The molecule has 1 aliphatic carbocycles. The Morgan fingerprint density at radius 1 is 1.53 bits per heavy atom. The van der Waals surface area contributed by atoms with Crippen LogP contribution in [0.3, 0.4) is 0 Å². The molecule has 2 rings (SSSR count). The van der Waals surface area contributed by atoms with Crippen molar-refractivity contribution >= 4 is 26.0 Å². The Kier molecular flexibility index (Phi) is 4.70. The average molecular weight is 351 g/mol. The van der Waals surface area contributed by atoms with Crippen molar-refractivity contribution in [1.82, 2.24) is 9.62 Å². The minimum atomic E-state index is -3.45. The van der Waals surface area contributed by atoms with Gasteiger partial charge in [-0.3, -0.25) is 0 Å². The van der Waals surface area contributed by atoms with Crippen LogP contribution in [0, 0.1) is 0 Å². The van der Waals surface area contributed by atoms with Gasteiger partial charge in [0.05, 0.1) is 6.54 Å². The summed E-state index contributed by atoms with van der Waals surface area (Å²) in [5, 5.41) is 3.18. The molecule has 7 heteroatoms. The fourth-order valence-electron chi connectivity index (χ4n) is 1.84. The maximum Gasteiger partial charge on any atom is 0.247 e. The Balaban J connectivity index is 2.15. The van der Waals surface area contributed by atoms with E-state index in [1.165, 1.54) is 4.31 Å². The van der Waals surface area contributed by atoms with Crippen molar-refractivity contribution in [2.75, 3.05) is 13.6 Å². The first kappa shape index (κ1) is 15.0. The third-order valence-electron chi connectivity index (χ3n) is 3.15. The van der Waals surface area contributed by atoms with Gasteiger partial charge in [0.25, 0.3) is 0 Å². The van der Waals surface area contributed by atoms with Crippen LogP contribution in [0.4, 0.5) is 0 Å². The molecule has 0 radical (unpaired) electrons. The second-order valence-electron chi connectivity index (χ2n) is 4.78. The van der Waals surface area contributed by atoms with Crippen LogP contribution < -0.4 is 5.32 Å². The first-order valence-electron chi connectivity index (χ1n) is 6.43. The SMILES string of the molecule is CCCNCc1cc(S(=O)(=O)N(C)C2CC2)c(Br)o1. The molecule has 1 aromatic rings. The van der Waals surface area contributed by atoms with Gasteiger partial charge in [0, 0.05) is 19.2 Å². The predicted molar refractivity (Wildman–Crippen MR) is 76.4 cm³/mol. The lowest BCUT2D eigenvalue weighted by Gasteiger charge is -2.14. The molecular weight excluding hydrogens is 332 g/mol. The fourth-order valence-corrected chi connectivity index (χ4v) is 4.21. The third kappa shape index (κ3) is 3.39. The summed E-state index contributed by atoms with van der Waals surface area (Å²) >= 11 is 3.20. The average Bonchev–Trinajstić information content (AvgIpc) is 3.13. The van der Waals surface area contributed by atoms with Crippen LogP contribution in [0.2, 0.25) is 0 Å². The Bertz CT molecular complexity index is 537. The summed E-state index contributed by atoms with van der Waals surface area (Å²) in [7, 11) is -1.82. The van der Waals surface area contributed by atoms with E-state index in [4.69, 9.17) is 4.42 Å². The highest BCUT2D eigenvalue weighted by Gasteiger charge is 2.37. The first-order chi connectivity index (χ1) is 8.96. The molecule has 1 fully saturated rings. The number of halogens is 1. The van der Waals surface area contributed by atoms with E-state index in [-0.39, 0.29) is 15.6 Å². The van der Waals surface area contributed by atoms with Gasteiger partial charge in [0.15, 0.2) is 4.67 Å². The van der Waals surface area contributed by atoms with Crippen LogP contribution in [-0.4, -0.2) is 32.4 Å². The van der Waals surface area contributed by atoms with Crippen LogP contribution >= 0.6 is 15.9 Å². The van der Waals surface area contributed by atoms with Crippen molar-refractivity contribution in [3.05, 3.63) is 16.5 Å². The lowest BCUT2D eigenvalue weighted by Crippen LogP contribution is -2.28. The Morgan fingerprint density at radius 2 is 2.21 bits per heavy atom. The summed E-state index contributed by atoms with van der Waals surface area (Å²) in [6.07, 6.45) is 2.91. The van der Waals surface area contributed by atoms with Gasteiger partial charge in [-0.1, -0.05) is 6.92 Å². The summed E-state index contributed by atoms with van der Waals surface area (Å²) in [6, 6.07) is 1.74. The van der Waals surface area contributed by atoms with E-state index in [9.17, 15) is 8.42 Å².